The van der Waals surface area contributed by atoms with Gasteiger partial charge < -0.3 is 0 Å². The Kier molecular flexibility index (Phi) is 1.99. The maximum absolute atomic E-state index is 11.5. The van der Waals surface area contributed by atoms with Crippen LogP contribution in [0.1, 0.15) is 33.1 Å². The first-order chi connectivity index (χ1) is 5.10. The second-order valence-electron chi connectivity index (χ2n) is 3.60. The number of Topliss-reactive ketones (excluding diaryl/α,β-unsaturated/α-hetero) is 1. The van der Waals surface area contributed by atoms with Gasteiger partial charge in [0.25, 0.3) is 0 Å². The van der Waals surface area contributed by atoms with E-state index in [1.165, 1.54) is 0 Å². The number of nitriles is 1. The highest BCUT2D eigenvalue weighted by molar-refractivity contribution is 5.89. The van der Waals surface area contributed by atoms with E-state index in [2.05, 4.69) is 6.07 Å². The van der Waals surface area contributed by atoms with Crippen molar-refractivity contribution < 1.29 is 4.79 Å². The average molecular weight is 151 g/mol. The van der Waals surface area contributed by atoms with Gasteiger partial charge in [-0.1, -0.05) is 13.3 Å². The van der Waals surface area contributed by atoms with Crippen LogP contribution < -0.4 is 0 Å². The maximum atomic E-state index is 11.5. The lowest BCUT2D eigenvalue weighted by atomic mass is 9.71. The summed E-state index contributed by atoms with van der Waals surface area (Å²) in [4.78, 5) is 11.5. The molecule has 0 N–H and O–H groups in total. The molecule has 0 aromatic carbocycles. The van der Waals surface area contributed by atoms with Crippen molar-refractivity contribution in [2.75, 3.05) is 0 Å². The summed E-state index contributed by atoms with van der Waals surface area (Å²) in [5.74, 6) is 0.222. The van der Waals surface area contributed by atoms with Crippen LogP contribution in [-0.4, -0.2) is 5.78 Å². The summed E-state index contributed by atoms with van der Waals surface area (Å²) >= 11 is 0. The van der Waals surface area contributed by atoms with E-state index < -0.39 is 5.41 Å². The highest BCUT2D eigenvalue weighted by atomic mass is 16.1. The van der Waals surface area contributed by atoms with E-state index >= 15 is 0 Å². The van der Waals surface area contributed by atoms with Gasteiger partial charge in [-0.3, -0.25) is 4.79 Å². The van der Waals surface area contributed by atoms with Gasteiger partial charge in [-0.2, -0.15) is 5.26 Å². The Morgan fingerprint density at radius 3 is 2.82 bits per heavy atom. The monoisotopic (exact) mass is 151 g/mol. The first-order valence-electron chi connectivity index (χ1n) is 4.06. The third-order valence-electron chi connectivity index (χ3n) is 2.55. The molecule has 1 aliphatic rings. The van der Waals surface area contributed by atoms with Crippen molar-refractivity contribution in [2.45, 2.75) is 33.1 Å². The van der Waals surface area contributed by atoms with Gasteiger partial charge in [-0.05, 0) is 19.8 Å². The molecule has 2 atom stereocenters. The van der Waals surface area contributed by atoms with Gasteiger partial charge in [0.2, 0.25) is 0 Å². The molecule has 0 amide bonds. The topological polar surface area (TPSA) is 40.9 Å². The van der Waals surface area contributed by atoms with Gasteiger partial charge in [-0.25, -0.2) is 0 Å². The van der Waals surface area contributed by atoms with Crippen LogP contribution in [0.4, 0.5) is 0 Å². The molecule has 2 heteroatoms. The lowest BCUT2D eigenvalue weighted by Crippen LogP contribution is -2.34. The summed E-state index contributed by atoms with van der Waals surface area (Å²) in [6.45, 7) is 3.67. The first-order valence-corrected chi connectivity index (χ1v) is 4.06. The highest BCUT2D eigenvalue weighted by Gasteiger charge is 2.38. The van der Waals surface area contributed by atoms with E-state index in [9.17, 15) is 4.79 Å². The normalized spacial score (nSPS) is 38.3. The summed E-state index contributed by atoms with van der Waals surface area (Å²) in [5.41, 5.74) is -0.683. The molecule has 0 saturated heterocycles. The fraction of sp³-hybridized carbons (Fsp3) is 0.778. The molecule has 1 saturated carbocycles. The summed E-state index contributed by atoms with van der Waals surface area (Å²) in [6, 6.07) is 2.11. The molecule has 0 aromatic rings. The Bertz CT molecular complexity index is 216. The van der Waals surface area contributed by atoms with Crippen LogP contribution in [0, 0.1) is 22.7 Å². The molecular formula is C9H13NO. The zero-order chi connectivity index (χ0) is 8.48. The zero-order valence-electron chi connectivity index (χ0n) is 7.05. The third kappa shape index (κ3) is 1.28. The smallest absolute Gasteiger partial charge is 0.155 e. The number of rotatable bonds is 0. The second-order valence-corrected chi connectivity index (χ2v) is 3.60. The lowest BCUT2D eigenvalue weighted by molar-refractivity contribution is -0.131. The van der Waals surface area contributed by atoms with Crippen molar-refractivity contribution in [3.63, 3.8) is 0 Å². The summed E-state index contributed by atoms with van der Waals surface area (Å²) in [5, 5.41) is 8.77. The van der Waals surface area contributed by atoms with Crippen molar-refractivity contribution in [3.8, 4) is 6.07 Å². The van der Waals surface area contributed by atoms with Crippen molar-refractivity contribution in [2.24, 2.45) is 11.3 Å². The van der Waals surface area contributed by atoms with Crippen LogP contribution >= 0.6 is 0 Å². The van der Waals surface area contributed by atoms with Gasteiger partial charge in [0.15, 0.2) is 5.78 Å². The number of hydrogen-bond acceptors (Lipinski definition) is 2. The number of carbonyl (C=O) groups excluding carboxylic acids is 1. The molecule has 0 aliphatic heterocycles. The predicted octanol–water partition coefficient (Wildman–Crippen LogP) is 1.91. The molecule has 11 heavy (non-hydrogen) atoms. The number of hydrogen-bond donors (Lipinski definition) is 0. The largest absolute Gasteiger partial charge is 0.298 e. The molecule has 0 heterocycles. The van der Waals surface area contributed by atoms with Gasteiger partial charge in [0.05, 0.1) is 6.07 Å². The van der Waals surface area contributed by atoms with E-state index in [1.54, 1.807) is 6.92 Å². The third-order valence-corrected chi connectivity index (χ3v) is 2.55. The molecule has 0 spiro atoms. The van der Waals surface area contributed by atoms with Crippen LogP contribution in [0.2, 0.25) is 0 Å². The Morgan fingerprint density at radius 2 is 2.36 bits per heavy atom. The molecule has 60 valence electrons. The van der Waals surface area contributed by atoms with Crippen molar-refractivity contribution in [1.82, 2.24) is 0 Å². The molecule has 0 radical (unpaired) electrons. The first kappa shape index (κ1) is 8.26. The molecular weight excluding hydrogens is 138 g/mol. The zero-order valence-corrected chi connectivity index (χ0v) is 7.05. The minimum absolute atomic E-state index is 0.0911. The molecule has 2 nitrogen and oxygen atoms in total. The fourth-order valence-corrected chi connectivity index (χ4v) is 1.67. The minimum atomic E-state index is -0.683. The molecule has 0 aromatic heterocycles. The molecule has 2 unspecified atom stereocenters. The Morgan fingerprint density at radius 1 is 1.73 bits per heavy atom. The van der Waals surface area contributed by atoms with Crippen molar-refractivity contribution >= 4 is 5.78 Å². The molecule has 0 bridgehead atoms. The van der Waals surface area contributed by atoms with E-state index in [1.807, 2.05) is 6.92 Å². The lowest BCUT2D eigenvalue weighted by Gasteiger charge is -2.28. The Labute approximate surface area is 67.2 Å². The number of ketones is 1. The SMILES string of the molecule is CC1CCCC(C)(C#N)C1=O. The summed E-state index contributed by atoms with van der Waals surface area (Å²) in [7, 11) is 0. The van der Waals surface area contributed by atoms with E-state index in [0.717, 1.165) is 19.3 Å². The van der Waals surface area contributed by atoms with E-state index in [-0.39, 0.29) is 11.7 Å². The maximum Gasteiger partial charge on any atom is 0.155 e. The quantitative estimate of drug-likeness (QED) is 0.530. The van der Waals surface area contributed by atoms with Crippen LogP contribution in [0.25, 0.3) is 0 Å². The van der Waals surface area contributed by atoms with Crippen molar-refractivity contribution in [3.05, 3.63) is 0 Å². The van der Waals surface area contributed by atoms with Crippen LogP contribution in [0.5, 0.6) is 0 Å². The van der Waals surface area contributed by atoms with Crippen LogP contribution in [0.15, 0.2) is 0 Å². The van der Waals surface area contributed by atoms with Gasteiger partial charge in [0.1, 0.15) is 5.41 Å². The molecule has 1 aliphatic carbocycles. The summed E-state index contributed by atoms with van der Waals surface area (Å²) in [6.07, 6.45) is 2.71. The fourth-order valence-electron chi connectivity index (χ4n) is 1.67. The Hall–Kier alpha value is -0.840. The van der Waals surface area contributed by atoms with E-state index in [4.69, 9.17) is 5.26 Å². The van der Waals surface area contributed by atoms with Crippen molar-refractivity contribution in [1.29, 1.82) is 5.26 Å². The number of carbonyl (C=O) groups is 1. The molecule has 1 rings (SSSR count). The summed E-state index contributed by atoms with van der Waals surface area (Å²) < 4.78 is 0. The Balaban J connectivity index is 2.83. The average Bonchev–Trinajstić information content (AvgIpc) is 2.00. The van der Waals surface area contributed by atoms with Gasteiger partial charge in [0, 0.05) is 5.92 Å². The standard InChI is InChI=1S/C9H13NO/c1-7-4-3-5-9(2,6-10)8(7)11/h7H,3-5H2,1-2H3. The minimum Gasteiger partial charge on any atom is -0.298 e. The second kappa shape index (κ2) is 2.65. The van der Waals surface area contributed by atoms with E-state index in [0.29, 0.717) is 0 Å². The highest BCUT2D eigenvalue weighted by Crippen LogP contribution is 2.34. The van der Waals surface area contributed by atoms with Crippen LogP contribution in [-0.2, 0) is 4.79 Å². The molecule has 1 fully saturated rings. The van der Waals surface area contributed by atoms with Gasteiger partial charge in [-0.15, -0.1) is 0 Å². The number of nitrogens with zero attached hydrogens (tertiary/aromatic N) is 1. The van der Waals surface area contributed by atoms with Gasteiger partial charge >= 0.3 is 0 Å². The predicted molar refractivity (Wildman–Crippen MR) is 41.7 cm³/mol. The van der Waals surface area contributed by atoms with Crippen LogP contribution in [0.3, 0.4) is 0 Å².